The topological polar surface area (TPSA) is 178 Å². The second-order valence-electron chi connectivity index (χ2n) is 16.7. The van der Waals surface area contributed by atoms with Crippen molar-refractivity contribution in [3.8, 4) is 0 Å². The largest absolute Gasteiger partial charge is 0.457 e. The quantitative estimate of drug-likeness (QED) is 0.0198. The van der Waals surface area contributed by atoms with Crippen molar-refractivity contribution in [1.29, 1.82) is 0 Å². The summed E-state index contributed by atoms with van der Waals surface area (Å²) in [6.45, 7) is 3.95. The van der Waals surface area contributed by atoms with E-state index in [1.165, 1.54) is 116 Å². The minimum Gasteiger partial charge on any atom is -0.457 e. The van der Waals surface area contributed by atoms with Crippen LogP contribution in [0, 0.1) is 0 Å². The van der Waals surface area contributed by atoms with Gasteiger partial charge in [-0.05, 0) is 70.6 Å². The number of esters is 1. The zero-order chi connectivity index (χ0) is 44.7. The van der Waals surface area contributed by atoms with Crippen molar-refractivity contribution in [3.63, 3.8) is 0 Å². The van der Waals surface area contributed by atoms with Crippen LogP contribution >= 0.6 is 0 Å². The second kappa shape index (κ2) is 39.9. The third-order valence-corrected chi connectivity index (χ3v) is 11.5. The molecule has 1 heterocycles. The summed E-state index contributed by atoms with van der Waals surface area (Å²) in [5.74, 6) is -0.409. The van der Waals surface area contributed by atoms with Gasteiger partial charge in [0.1, 0.15) is 30.5 Å². The fourth-order valence-corrected chi connectivity index (χ4v) is 7.79. The highest BCUT2D eigenvalue weighted by atomic mass is 32.3. The number of aliphatic hydroxyl groups is 3. The first-order valence-corrected chi connectivity index (χ1v) is 25.6. The number of aliphatic hydroxyl groups excluding tert-OH is 3. The Kier molecular flexibility index (Phi) is 37.5. The molecule has 0 saturated carbocycles. The average molecular weight is 889 g/mol. The first-order valence-electron chi connectivity index (χ1n) is 24.2. The molecule has 0 aromatic rings. The average Bonchev–Trinajstić information content (AvgIpc) is 3.23. The van der Waals surface area contributed by atoms with E-state index in [9.17, 15) is 33.1 Å². The molecule has 0 aromatic carbocycles. The maximum absolute atomic E-state index is 12.9. The zero-order valence-electron chi connectivity index (χ0n) is 38.2. The fourth-order valence-electron chi connectivity index (χ4n) is 7.29. The summed E-state index contributed by atoms with van der Waals surface area (Å²) >= 11 is 0. The van der Waals surface area contributed by atoms with Crippen molar-refractivity contribution in [2.24, 2.45) is 0 Å². The molecule has 4 N–H and O–H groups in total. The van der Waals surface area contributed by atoms with E-state index in [0.29, 0.717) is 13.0 Å². The van der Waals surface area contributed by atoms with Crippen molar-refractivity contribution >= 4 is 16.4 Å². The molecule has 0 spiro atoms. The van der Waals surface area contributed by atoms with Crippen LogP contribution in [-0.2, 0) is 38.3 Å². The van der Waals surface area contributed by atoms with E-state index in [2.05, 4.69) is 54.5 Å². The molecule has 0 aromatic heterocycles. The van der Waals surface area contributed by atoms with Gasteiger partial charge in [-0.3, -0.25) is 9.35 Å². The molecule has 1 rings (SSSR count). The Bertz CT molecular complexity index is 1210. The second-order valence-corrected chi connectivity index (χ2v) is 17.7. The Balaban J connectivity index is 2.41. The number of ether oxygens (including phenoxy) is 4. The van der Waals surface area contributed by atoms with E-state index in [0.717, 1.165) is 57.8 Å². The highest BCUT2D eigenvalue weighted by Gasteiger charge is 2.48. The predicted octanol–water partition coefficient (Wildman–Crippen LogP) is 10.6. The molecular formula is C48H88O12S. The first kappa shape index (κ1) is 57.3. The number of carbonyl (C=O) groups is 1. The van der Waals surface area contributed by atoms with Crippen molar-refractivity contribution < 1.29 is 56.2 Å². The number of unbranched alkanes of at least 4 members (excludes halogenated alkanes) is 23. The maximum Gasteiger partial charge on any atom is 0.397 e. The number of carbonyl (C=O) groups excluding carboxylic acids is 1. The molecule has 1 saturated heterocycles. The molecule has 0 radical (unpaired) electrons. The maximum atomic E-state index is 12.9. The molecule has 1 fully saturated rings. The zero-order valence-corrected chi connectivity index (χ0v) is 39.0. The van der Waals surface area contributed by atoms with Gasteiger partial charge in [0.25, 0.3) is 0 Å². The fraction of sp³-hybridized carbons (Fsp3) is 0.854. The van der Waals surface area contributed by atoms with Gasteiger partial charge in [-0.2, -0.15) is 8.42 Å². The van der Waals surface area contributed by atoms with Gasteiger partial charge in [0.2, 0.25) is 0 Å². The Morgan fingerprint density at radius 3 is 1.61 bits per heavy atom. The van der Waals surface area contributed by atoms with Gasteiger partial charge in [0.05, 0.1) is 19.8 Å². The summed E-state index contributed by atoms with van der Waals surface area (Å²) in [6.07, 6.45) is 37.4. The van der Waals surface area contributed by atoms with Crippen LogP contribution in [0.1, 0.15) is 200 Å². The summed E-state index contributed by atoms with van der Waals surface area (Å²) in [4.78, 5) is 12.9. The van der Waals surface area contributed by atoms with Gasteiger partial charge in [0, 0.05) is 13.0 Å². The van der Waals surface area contributed by atoms with E-state index in [1.807, 2.05) is 0 Å². The van der Waals surface area contributed by atoms with Crippen LogP contribution in [0.15, 0.2) is 36.5 Å². The summed E-state index contributed by atoms with van der Waals surface area (Å²) in [6, 6.07) is 0. The van der Waals surface area contributed by atoms with E-state index < -0.39 is 59.8 Å². The number of rotatable bonds is 42. The first-order chi connectivity index (χ1) is 29.6. The lowest BCUT2D eigenvalue weighted by Crippen LogP contribution is -2.60. The van der Waals surface area contributed by atoms with Crippen LogP contribution in [0.3, 0.4) is 0 Å². The lowest BCUT2D eigenvalue weighted by atomic mass is 9.99. The summed E-state index contributed by atoms with van der Waals surface area (Å²) in [5, 5.41) is 30.7. The van der Waals surface area contributed by atoms with E-state index in [1.54, 1.807) is 0 Å². The third-order valence-electron chi connectivity index (χ3n) is 11.0. The van der Waals surface area contributed by atoms with Gasteiger partial charge in [-0.15, -0.1) is 0 Å². The number of allylic oxidation sites excluding steroid dienone is 6. The lowest BCUT2D eigenvalue weighted by molar-refractivity contribution is -0.301. The Morgan fingerprint density at radius 1 is 0.623 bits per heavy atom. The van der Waals surface area contributed by atoms with Gasteiger partial charge < -0.3 is 34.3 Å². The van der Waals surface area contributed by atoms with Crippen molar-refractivity contribution in [3.05, 3.63) is 36.5 Å². The lowest BCUT2D eigenvalue weighted by Gasteiger charge is -2.41. The third kappa shape index (κ3) is 33.5. The number of hydrogen-bond acceptors (Lipinski definition) is 11. The summed E-state index contributed by atoms with van der Waals surface area (Å²) in [5.41, 5.74) is 0. The van der Waals surface area contributed by atoms with Crippen LogP contribution in [0.25, 0.3) is 0 Å². The van der Waals surface area contributed by atoms with E-state index >= 15 is 0 Å². The van der Waals surface area contributed by atoms with Crippen molar-refractivity contribution in [1.82, 2.24) is 0 Å². The summed E-state index contributed by atoms with van der Waals surface area (Å²) in [7, 11) is -5.06. The van der Waals surface area contributed by atoms with Crippen molar-refractivity contribution in [2.75, 3.05) is 26.4 Å². The van der Waals surface area contributed by atoms with Crippen molar-refractivity contribution in [2.45, 2.75) is 237 Å². The van der Waals surface area contributed by atoms with Gasteiger partial charge in [-0.1, -0.05) is 159 Å². The minimum absolute atomic E-state index is 0.0294. The molecule has 61 heavy (non-hydrogen) atoms. The molecule has 6 unspecified atom stereocenters. The minimum atomic E-state index is -5.06. The molecule has 1 aliphatic heterocycles. The molecule has 12 nitrogen and oxygen atoms in total. The van der Waals surface area contributed by atoms with Crippen LogP contribution in [-0.4, -0.2) is 97.5 Å². The molecule has 358 valence electrons. The van der Waals surface area contributed by atoms with Crippen LogP contribution in [0.2, 0.25) is 0 Å². The smallest absolute Gasteiger partial charge is 0.397 e. The Morgan fingerprint density at radius 2 is 1.08 bits per heavy atom. The van der Waals surface area contributed by atoms with Crippen LogP contribution in [0.5, 0.6) is 0 Å². The highest BCUT2D eigenvalue weighted by Crippen LogP contribution is 2.26. The molecule has 13 heteroatoms. The van der Waals surface area contributed by atoms with E-state index in [-0.39, 0.29) is 19.6 Å². The Hall–Kier alpha value is -1.68. The van der Waals surface area contributed by atoms with E-state index in [4.69, 9.17) is 18.9 Å². The SMILES string of the molecule is CCCCC/C=C\C/C=C\CCCCCCCCCC(=O)OC(COCCCCCCCC/C=C\CCCCCCCCC)COC1OC(CO)C(O)C(OS(=O)(=O)O)C1O. The Labute approximate surface area is 371 Å². The van der Waals surface area contributed by atoms with Gasteiger partial charge >= 0.3 is 16.4 Å². The standard InChI is InChI=1S/C48H88O12S/c1-3-5-7-9-11-13-15-17-19-21-23-25-27-29-31-33-35-37-44(50)58-42(41-57-48-46(52)47(60-61(53,54)55)45(51)43(39-49)59-48)40-56-38-36-34-32-30-28-26-24-22-20-18-16-14-12-10-8-6-4-2/h11,13,17,19-20,22,42-43,45-49,51-52H,3-10,12,14-16,18,21,23-41H2,1-2H3,(H,53,54,55)/b13-11-,19-17-,22-20-. The van der Waals surface area contributed by atoms with Gasteiger partial charge in [0.15, 0.2) is 6.29 Å². The molecule has 0 aliphatic carbocycles. The molecule has 1 aliphatic rings. The summed E-state index contributed by atoms with van der Waals surface area (Å²) < 4.78 is 59.1. The predicted molar refractivity (Wildman–Crippen MR) is 243 cm³/mol. The van der Waals surface area contributed by atoms with Gasteiger partial charge in [-0.25, -0.2) is 4.18 Å². The van der Waals surface area contributed by atoms with Crippen LogP contribution < -0.4 is 0 Å². The number of hydrogen-bond donors (Lipinski definition) is 4. The molecular weight excluding hydrogens is 801 g/mol. The molecule has 0 bridgehead atoms. The monoisotopic (exact) mass is 889 g/mol. The molecule has 0 amide bonds. The van der Waals surface area contributed by atoms with Crippen LogP contribution in [0.4, 0.5) is 0 Å². The normalized spacial score (nSPS) is 20.4. The molecule has 6 atom stereocenters. The highest BCUT2D eigenvalue weighted by molar-refractivity contribution is 7.80.